The highest BCUT2D eigenvalue weighted by atomic mass is 16.4. The summed E-state index contributed by atoms with van der Waals surface area (Å²) >= 11 is 0. The number of rotatable bonds is 5. The number of anilines is 1. The molecule has 0 saturated carbocycles. The predicted molar refractivity (Wildman–Crippen MR) is 166 cm³/mol. The molecule has 6 rings (SSSR count). The molecule has 3 aromatic carbocycles. The minimum Gasteiger partial charge on any atom is -0.508 e. The van der Waals surface area contributed by atoms with Crippen LogP contribution >= 0.6 is 0 Å². The number of carboxylic acids is 1. The van der Waals surface area contributed by atoms with Gasteiger partial charge in [-0.05, 0) is 134 Å². The van der Waals surface area contributed by atoms with Gasteiger partial charge in [0.2, 0.25) is 0 Å². The molecule has 3 aliphatic rings. The zero-order chi connectivity index (χ0) is 28.2. The second-order valence-corrected chi connectivity index (χ2v) is 12.3. The van der Waals surface area contributed by atoms with E-state index in [-0.39, 0.29) is 6.54 Å². The van der Waals surface area contributed by atoms with Gasteiger partial charge in [0.1, 0.15) is 5.75 Å². The molecule has 5 heteroatoms. The average Bonchev–Trinajstić information content (AvgIpc) is 3.16. The number of piperidine rings is 1. The van der Waals surface area contributed by atoms with Crippen LogP contribution in [0.25, 0.3) is 11.1 Å². The third kappa shape index (κ3) is 6.20. The predicted octanol–water partition coefficient (Wildman–Crippen LogP) is 7.23. The van der Waals surface area contributed by atoms with Gasteiger partial charge in [-0.1, -0.05) is 48.5 Å². The molecule has 0 aromatic heterocycles. The Balaban J connectivity index is 1.21. The van der Waals surface area contributed by atoms with Crippen molar-refractivity contribution in [2.45, 2.75) is 57.8 Å². The van der Waals surface area contributed by atoms with E-state index in [0.717, 1.165) is 58.3 Å². The van der Waals surface area contributed by atoms with Gasteiger partial charge >= 0.3 is 5.97 Å². The molecule has 41 heavy (non-hydrogen) atoms. The van der Waals surface area contributed by atoms with E-state index in [1.165, 1.54) is 64.8 Å². The first kappa shape index (κ1) is 27.6. The van der Waals surface area contributed by atoms with Gasteiger partial charge in [0.05, 0.1) is 6.54 Å². The maximum Gasteiger partial charge on any atom is 0.317 e. The van der Waals surface area contributed by atoms with Gasteiger partial charge in [0, 0.05) is 18.8 Å². The Kier molecular flexibility index (Phi) is 8.16. The zero-order valence-electron chi connectivity index (χ0n) is 24.0. The van der Waals surface area contributed by atoms with Gasteiger partial charge in [-0.15, -0.1) is 0 Å². The van der Waals surface area contributed by atoms with Crippen molar-refractivity contribution in [2.75, 3.05) is 37.6 Å². The number of phenols is 1. The highest BCUT2D eigenvalue weighted by Gasteiger charge is 2.35. The smallest absolute Gasteiger partial charge is 0.317 e. The Morgan fingerprint density at radius 3 is 2.15 bits per heavy atom. The van der Waals surface area contributed by atoms with Crippen molar-refractivity contribution in [3.05, 3.63) is 95.1 Å². The number of fused-ring (bicyclic) bond motifs is 1. The molecule has 2 saturated heterocycles. The summed E-state index contributed by atoms with van der Waals surface area (Å²) in [5.41, 5.74) is 9.33. The molecule has 0 atom stereocenters. The summed E-state index contributed by atoms with van der Waals surface area (Å²) in [5.74, 6) is -0.373. The average molecular weight is 551 g/mol. The molecule has 0 radical (unpaired) electrons. The second-order valence-electron chi connectivity index (χ2n) is 12.3. The van der Waals surface area contributed by atoms with Gasteiger partial charge in [-0.2, -0.15) is 0 Å². The van der Waals surface area contributed by atoms with Crippen molar-refractivity contribution in [2.24, 2.45) is 5.41 Å². The lowest BCUT2D eigenvalue weighted by molar-refractivity contribution is -0.139. The Morgan fingerprint density at radius 1 is 0.756 bits per heavy atom. The first-order valence-electron chi connectivity index (χ1n) is 15.4. The minimum atomic E-state index is -0.713. The standard InChI is InChI=1S/C36H42N2O3/c39-31-15-16-33-29(25-31)9-4-10-32(27-7-2-1-3-8-27)35(33)28-11-13-30(14-12-28)38-21-5-17-36(18-6-22-38)19-23-37(24-20-36)26-34(40)41/h1-3,7-8,11-16,25,39H,4-6,9-10,17-24,26H2,(H,40,41). The van der Waals surface area contributed by atoms with E-state index >= 15 is 0 Å². The Hall–Kier alpha value is -3.57. The van der Waals surface area contributed by atoms with E-state index in [9.17, 15) is 9.90 Å². The maximum absolute atomic E-state index is 11.1. The third-order valence-corrected chi connectivity index (χ3v) is 9.72. The highest BCUT2D eigenvalue weighted by molar-refractivity contribution is 6.00. The lowest BCUT2D eigenvalue weighted by atomic mass is 9.71. The molecule has 2 aliphatic heterocycles. The van der Waals surface area contributed by atoms with E-state index in [1.807, 2.05) is 12.1 Å². The molecule has 2 heterocycles. The molecule has 0 unspecified atom stereocenters. The van der Waals surface area contributed by atoms with Crippen LogP contribution in [-0.4, -0.2) is 53.8 Å². The lowest BCUT2D eigenvalue weighted by Gasteiger charge is -2.44. The van der Waals surface area contributed by atoms with Gasteiger partial charge in [-0.3, -0.25) is 9.69 Å². The number of aryl methyl sites for hydroxylation is 1. The first-order chi connectivity index (χ1) is 20.0. The molecule has 2 fully saturated rings. The SMILES string of the molecule is O=C(O)CN1CCC2(CCCN(c3ccc(C4=C(c5ccccc5)CCCc5cc(O)ccc54)cc3)CCC2)CC1. The molecule has 0 amide bonds. The van der Waals surface area contributed by atoms with Crippen LogP contribution in [0.2, 0.25) is 0 Å². The normalized spacial score (nSPS) is 19.8. The van der Waals surface area contributed by atoms with Crippen molar-refractivity contribution < 1.29 is 15.0 Å². The van der Waals surface area contributed by atoms with Gasteiger partial charge in [0.15, 0.2) is 0 Å². The summed E-state index contributed by atoms with van der Waals surface area (Å²) in [7, 11) is 0. The monoisotopic (exact) mass is 550 g/mol. The number of aliphatic carboxylic acids is 1. The van der Waals surface area contributed by atoms with Crippen molar-refractivity contribution in [3.8, 4) is 5.75 Å². The third-order valence-electron chi connectivity index (χ3n) is 9.72. The number of allylic oxidation sites excluding steroid dienone is 1. The molecule has 3 aromatic rings. The van der Waals surface area contributed by atoms with Crippen LogP contribution in [0.5, 0.6) is 5.75 Å². The van der Waals surface area contributed by atoms with Crippen LogP contribution in [0.3, 0.4) is 0 Å². The number of carboxylic acid groups (broad SMARTS) is 1. The van der Waals surface area contributed by atoms with Crippen molar-refractivity contribution >= 4 is 22.8 Å². The first-order valence-corrected chi connectivity index (χ1v) is 15.4. The van der Waals surface area contributed by atoms with Crippen LogP contribution in [0.1, 0.15) is 73.6 Å². The van der Waals surface area contributed by atoms with Crippen LogP contribution in [0, 0.1) is 5.41 Å². The maximum atomic E-state index is 11.1. The van der Waals surface area contributed by atoms with E-state index < -0.39 is 5.97 Å². The number of likely N-dealkylation sites (tertiary alicyclic amines) is 1. The summed E-state index contributed by atoms with van der Waals surface area (Å²) in [6.07, 6.45) is 10.1. The van der Waals surface area contributed by atoms with Crippen LogP contribution in [0.15, 0.2) is 72.8 Å². The van der Waals surface area contributed by atoms with E-state index in [1.54, 1.807) is 0 Å². The summed E-state index contributed by atoms with van der Waals surface area (Å²) < 4.78 is 0. The molecule has 2 N–H and O–H groups in total. The number of hydrogen-bond acceptors (Lipinski definition) is 4. The van der Waals surface area contributed by atoms with Crippen molar-refractivity contribution in [1.82, 2.24) is 4.90 Å². The van der Waals surface area contributed by atoms with Crippen LogP contribution in [0.4, 0.5) is 5.69 Å². The summed E-state index contributed by atoms with van der Waals surface area (Å²) in [4.78, 5) is 15.8. The number of benzene rings is 3. The molecule has 1 aliphatic carbocycles. The molecule has 5 nitrogen and oxygen atoms in total. The quantitative estimate of drug-likeness (QED) is 0.351. The highest BCUT2D eigenvalue weighted by Crippen LogP contribution is 2.43. The fourth-order valence-electron chi connectivity index (χ4n) is 7.53. The molecular weight excluding hydrogens is 508 g/mol. The largest absolute Gasteiger partial charge is 0.508 e. The number of carbonyl (C=O) groups is 1. The Morgan fingerprint density at radius 2 is 1.46 bits per heavy atom. The molecule has 0 bridgehead atoms. The van der Waals surface area contributed by atoms with Crippen LogP contribution < -0.4 is 4.90 Å². The van der Waals surface area contributed by atoms with E-state index in [2.05, 4.69) is 70.5 Å². The van der Waals surface area contributed by atoms with E-state index in [0.29, 0.717) is 11.2 Å². The zero-order valence-corrected chi connectivity index (χ0v) is 24.0. The fourth-order valence-corrected chi connectivity index (χ4v) is 7.53. The minimum absolute atomic E-state index is 0.178. The molecule has 1 spiro atoms. The summed E-state index contributed by atoms with van der Waals surface area (Å²) in [6, 6.07) is 25.8. The topological polar surface area (TPSA) is 64.0 Å². The summed E-state index contributed by atoms with van der Waals surface area (Å²) in [5, 5.41) is 19.4. The number of phenolic OH excluding ortho intramolecular Hbond substituents is 1. The van der Waals surface area contributed by atoms with Crippen LogP contribution in [-0.2, 0) is 11.2 Å². The lowest BCUT2D eigenvalue weighted by Crippen LogP contribution is -2.43. The fraction of sp³-hybridized carbons (Fsp3) is 0.417. The summed E-state index contributed by atoms with van der Waals surface area (Å²) in [6.45, 7) is 4.15. The Bertz CT molecular complexity index is 1380. The molecule has 214 valence electrons. The number of aromatic hydroxyl groups is 1. The Labute approximate surface area is 244 Å². The number of nitrogens with zero attached hydrogens (tertiary/aromatic N) is 2. The van der Waals surface area contributed by atoms with Gasteiger partial charge in [0.25, 0.3) is 0 Å². The van der Waals surface area contributed by atoms with Crippen molar-refractivity contribution in [1.29, 1.82) is 0 Å². The van der Waals surface area contributed by atoms with Gasteiger partial charge in [-0.25, -0.2) is 0 Å². The van der Waals surface area contributed by atoms with Gasteiger partial charge < -0.3 is 15.1 Å². The van der Waals surface area contributed by atoms with Crippen molar-refractivity contribution in [3.63, 3.8) is 0 Å². The molecular formula is C36H42N2O3. The number of hydrogen-bond donors (Lipinski definition) is 2. The van der Waals surface area contributed by atoms with E-state index in [4.69, 9.17) is 5.11 Å². The second kappa shape index (κ2) is 12.1.